The van der Waals surface area contributed by atoms with Crippen LogP contribution in [0.4, 0.5) is 0 Å². The van der Waals surface area contributed by atoms with Crippen molar-refractivity contribution in [3.8, 4) is 5.75 Å². The summed E-state index contributed by atoms with van der Waals surface area (Å²) in [6.45, 7) is 2.00. The van der Waals surface area contributed by atoms with E-state index in [0.29, 0.717) is 18.7 Å². The Balaban J connectivity index is 2.54. The van der Waals surface area contributed by atoms with Gasteiger partial charge in [0.05, 0.1) is 0 Å². The number of aliphatic carboxylic acids is 1. The first-order chi connectivity index (χ1) is 8.52. The lowest BCUT2D eigenvalue weighted by Crippen LogP contribution is -2.25. The summed E-state index contributed by atoms with van der Waals surface area (Å²) in [6, 6.07) is 7.03. The van der Waals surface area contributed by atoms with E-state index in [-0.39, 0.29) is 12.5 Å². The van der Waals surface area contributed by atoms with Crippen molar-refractivity contribution in [2.24, 2.45) is 0 Å². The summed E-state index contributed by atoms with van der Waals surface area (Å²) in [5, 5.41) is 8.47. The molecule has 1 aromatic carbocycles. The van der Waals surface area contributed by atoms with Crippen molar-refractivity contribution in [3.63, 3.8) is 0 Å². The number of carbonyl (C=O) groups excluding carboxylic acids is 1. The highest BCUT2D eigenvalue weighted by atomic mass is 16.5. The first kappa shape index (κ1) is 14.0. The maximum absolute atomic E-state index is 11.4. The number of nitrogens with zero attached hydrogens (tertiary/aromatic N) is 1. The molecule has 5 nitrogen and oxygen atoms in total. The van der Waals surface area contributed by atoms with E-state index >= 15 is 0 Å². The van der Waals surface area contributed by atoms with Crippen molar-refractivity contribution in [2.45, 2.75) is 19.9 Å². The highest BCUT2D eigenvalue weighted by molar-refractivity contribution is 5.75. The fraction of sp³-hybridized carbons (Fsp3) is 0.385. The third-order valence-corrected chi connectivity index (χ3v) is 2.43. The molecule has 98 valence electrons. The van der Waals surface area contributed by atoms with Crippen LogP contribution < -0.4 is 4.74 Å². The predicted molar refractivity (Wildman–Crippen MR) is 66.3 cm³/mol. The second-order valence-corrected chi connectivity index (χ2v) is 3.93. The molecule has 0 bridgehead atoms. The molecule has 0 atom stereocenters. The third kappa shape index (κ3) is 4.45. The molecule has 0 heterocycles. The van der Waals surface area contributed by atoms with Crippen LogP contribution >= 0.6 is 0 Å². The number of rotatable bonds is 6. The number of hydrogen-bond donors (Lipinski definition) is 1. The molecule has 0 aliphatic heterocycles. The predicted octanol–water partition coefficient (Wildman–Crippen LogP) is 1.52. The van der Waals surface area contributed by atoms with Gasteiger partial charge in [-0.1, -0.05) is 19.1 Å². The van der Waals surface area contributed by atoms with Gasteiger partial charge < -0.3 is 14.7 Å². The van der Waals surface area contributed by atoms with Crippen molar-refractivity contribution < 1.29 is 19.4 Å². The summed E-state index contributed by atoms with van der Waals surface area (Å²) in [5.74, 6) is -0.417. The summed E-state index contributed by atoms with van der Waals surface area (Å²) in [6.07, 6.45) is 0.482. The lowest BCUT2D eigenvalue weighted by atomic mass is 10.2. The SMILES string of the molecule is CCC(=O)N(C)Cc1ccc(OCC(=O)O)cc1. The summed E-state index contributed by atoms with van der Waals surface area (Å²) in [4.78, 5) is 23.4. The molecule has 0 spiro atoms. The average Bonchev–Trinajstić information content (AvgIpc) is 2.36. The van der Waals surface area contributed by atoms with Crippen molar-refractivity contribution in [2.75, 3.05) is 13.7 Å². The maximum Gasteiger partial charge on any atom is 0.341 e. The highest BCUT2D eigenvalue weighted by Gasteiger charge is 2.06. The van der Waals surface area contributed by atoms with E-state index in [4.69, 9.17) is 9.84 Å². The molecule has 1 aromatic rings. The van der Waals surface area contributed by atoms with Crippen molar-refractivity contribution in [3.05, 3.63) is 29.8 Å². The van der Waals surface area contributed by atoms with Crippen LogP contribution in [0, 0.1) is 0 Å². The van der Waals surface area contributed by atoms with E-state index in [1.54, 1.807) is 24.1 Å². The van der Waals surface area contributed by atoms with Gasteiger partial charge in [-0.2, -0.15) is 0 Å². The molecule has 0 aromatic heterocycles. The lowest BCUT2D eigenvalue weighted by Gasteiger charge is -2.16. The molecular formula is C13H17NO4. The molecule has 0 saturated carbocycles. The molecule has 1 rings (SSSR count). The molecule has 0 aliphatic carbocycles. The van der Waals surface area contributed by atoms with E-state index in [1.165, 1.54) is 0 Å². The number of carboxylic acid groups (broad SMARTS) is 1. The number of ether oxygens (including phenoxy) is 1. The number of carbonyl (C=O) groups is 2. The zero-order valence-electron chi connectivity index (χ0n) is 10.5. The second-order valence-electron chi connectivity index (χ2n) is 3.93. The zero-order valence-corrected chi connectivity index (χ0v) is 10.5. The van der Waals surface area contributed by atoms with Crippen LogP contribution in [0.25, 0.3) is 0 Å². The summed E-state index contributed by atoms with van der Waals surface area (Å²) in [5.41, 5.74) is 0.974. The smallest absolute Gasteiger partial charge is 0.341 e. The van der Waals surface area contributed by atoms with Crippen molar-refractivity contribution >= 4 is 11.9 Å². The first-order valence-electron chi connectivity index (χ1n) is 5.70. The lowest BCUT2D eigenvalue weighted by molar-refractivity contribution is -0.139. The fourth-order valence-electron chi connectivity index (χ4n) is 1.47. The van der Waals surface area contributed by atoms with Gasteiger partial charge in [-0.15, -0.1) is 0 Å². The molecular weight excluding hydrogens is 234 g/mol. The molecule has 5 heteroatoms. The zero-order chi connectivity index (χ0) is 13.5. The number of benzene rings is 1. The van der Waals surface area contributed by atoms with Gasteiger partial charge in [0.1, 0.15) is 5.75 Å². The molecule has 1 amide bonds. The van der Waals surface area contributed by atoms with Gasteiger partial charge in [0.25, 0.3) is 0 Å². The van der Waals surface area contributed by atoms with E-state index in [2.05, 4.69) is 0 Å². The Labute approximate surface area is 106 Å². The van der Waals surface area contributed by atoms with Crippen LogP contribution in [-0.4, -0.2) is 35.5 Å². The Morgan fingerprint density at radius 2 is 1.89 bits per heavy atom. The van der Waals surface area contributed by atoms with Crippen LogP contribution in [0.1, 0.15) is 18.9 Å². The van der Waals surface area contributed by atoms with E-state index in [0.717, 1.165) is 5.56 Å². The van der Waals surface area contributed by atoms with Crippen molar-refractivity contribution in [1.82, 2.24) is 4.90 Å². The fourth-order valence-corrected chi connectivity index (χ4v) is 1.47. The minimum absolute atomic E-state index is 0.0844. The number of hydrogen-bond acceptors (Lipinski definition) is 3. The largest absolute Gasteiger partial charge is 0.482 e. The summed E-state index contributed by atoms with van der Waals surface area (Å²) >= 11 is 0. The molecule has 0 saturated heterocycles. The maximum atomic E-state index is 11.4. The normalized spacial score (nSPS) is 9.89. The third-order valence-electron chi connectivity index (χ3n) is 2.43. The van der Waals surface area contributed by atoms with Crippen molar-refractivity contribution in [1.29, 1.82) is 0 Å². The molecule has 18 heavy (non-hydrogen) atoms. The van der Waals surface area contributed by atoms with Crippen LogP contribution in [-0.2, 0) is 16.1 Å². The standard InChI is InChI=1S/C13H17NO4/c1-3-12(15)14(2)8-10-4-6-11(7-5-10)18-9-13(16)17/h4-7H,3,8-9H2,1-2H3,(H,16,17). The summed E-state index contributed by atoms with van der Waals surface area (Å²) in [7, 11) is 1.75. The van der Waals surface area contributed by atoms with Gasteiger partial charge in [0, 0.05) is 20.0 Å². The van der Waals surface area contributed by atoms with E-state index < -0.39 is 5.97 Å². The van der Waals surface area contributed by atoms with Gasteiger partial charge in [-0.25, -0.2) is 4.79 Å². The Bertz CT molecular complexity index is 414. The Morgan fingerprint density at radius 3 is 2.39 bits per heavy atom. The number of amides is 1. The van der Waals surface area contributed by atoms with E-state index in [9.17, 15) is 9.59 Å². The Kier molecular flexibility index (Phi) is 5.17. The van der Waals surface area contributed by atoms with Gasteiger partial charge in [0.2, 0.25) is 5.91 Å². The van der Waals surface area contributed by atoms with Gasteiger partial charge in [0.15, 0.2) is 6.61 Å². The van der Waals surface area contributed by atoms with Gasteiger partial charge in [-0.3, -0.25) is 4.79 Å². The second kappa shape index (κ2) is 6.64. The monoisotopic (exact) mass is 251 g/mol. The van der Waals surface area contributed by atoms with Crippen LogP contribution in [0.15, 0.2) is 24.3 Å². The Hall–Kier alpha value is -2.04. The molecule has 0 fully saturated rings. The topological polar surface area (TPSA) is 66.8 Å². The minimum atomic E-state index is -1.01. The van der Waals surface area contributed by atoms with Crippen LogP contribution in [0.5, 0.6) is 5.75 Å². The van der Waals surface area contributed by atoms with Gasteiger partial charge >= 0.3 is 5.97 Å². The molecule has 1 N–H and O–H groups in total. The quantitative estimate of drug-likeness (QED) is 0.832. The summed E-state index contributed by atoms with van der Waals surface area (Å²) < 4.78 is 5.02. The van der Waals surface area contributed by atoms with Crippen LogP contribution in [0.3, 0.4) is 0 Å². The molecule has 0 radical (unpaired) electrons. The average molecular weight is 251 g/mol. The van der Waals surface area contributed by atoms with E-state index in [1.807, 2.05) is 19.1 Å². The minimum Gasteiger partial charge on any atom is -0.482 e. The highest BCUT2D eigenvalue weighted by Crippen LogP contribution is 2.13. The van der Waals surface area contributed by atoms with Gasteiger partial charge in [-0.05, 0) is 17.7 Å². The van der Waals surface area contributed by atoms with Crippen LogP contribution in [0.2, 0.25) is 0 Å². The molecule has 0 aliphatic rings. The Morgan fingerprint density at radius 1 is 1.28 bits per heavy atom. The first-order valence-corrected chi connectivity index (χ1v) is 5.70. The number of carboxylic acids is 1. The molecule has 0 unspecified atom stereocenters.